The van der Waals surface area contributed by atoms with E-state index in [-0.39, 0.29) is 23.8 Å². The van der Waals surface area contributed by atoms with Crippen LogP contribution in [0.4, 0.5) is 0 Å². The molecule has 0 aromatic heterocycles. The normalized spacial score (nSPS) is 24.5. The van der Waals surface area contributed by atoms with Crippen LogP contribution < -0.4 is 11.1 Å². The Morgan fingerprint density at radius 2 is 2.29 bits per heavy atom. The fourth-order valence-corrected chi connectivity index (χ4v) is 3.94. The molecule has 3 N–H and O–H groups in total. The molecule has 24 heavy (non-hydrogen) atoms. The molecule has 1 amide bonds. The van der Waals surface area contributed by atoms with E-state index in [2.05, 4.69) is 37.4 Å². The predicted molar refractivity (Wildman–Crippen MR) is 102 cm³/mol. The standard InChI is InChI=1S/C19H25N3OS/c1-3-11(2)17(18(20)24)22-19(23)12-8-9-16-14(10-12)13-6-4-5-7-15(13)21-16/h4-5,7,11-12,17H,3,6,8-10H2,1-2H3,(H2,20,24)(H,22,23)/t11-,12?,17-/m0/s1. The second-order valence-corrected chi connectivity index (χ2v) is 7.39. The third-order valence-electron chi connectivity index (χ3n) is 5.36. The highest BCUT2D eigenvalue weighted by molar-refractivity contribution is 7.80. The first-order chi connectivity index (χ1) is 11.5. The monoisotopic (exact) mass is 343 g/mol. The summed E-state index contributed by atoms with van der Waals surface area (Å²) in [6.45, 7) is 4.16. The number of amides is 1. The molecule has 1 saturated carbocycles. The van der Waals surface area contributed by atoms with Crippen molar-refractivity contribution >= 4 is 28.8 Å². The topological polar surface area (TPSA) is 67.5 Å². The minimum atomic E-state index is -0.220. The summed E-state index contributed by atoms with van der Waals surface area (Å²) in [6.07, 6.45) is 10.6. The Kier molecular flexibility index (Phi) is 4.99. The second-order valence-electron chi connectivity index (χ2n) is 6.91. The van der Waals surface area contributed by atoms with Crippen LogP contribution >= 0.6 is 12.2 Å². The lowest BCUT2D eigenvalue weighted by Crippen LogP contribution is -2.49. The molecular weight excluding hydrogens is 318 g/mol. The molecule has 3 atom stereocenters. The Balaban J connectivity index is 1.72. The Hall–Kier alpha value is -1.75. The molecule has 3 aliphatic rings. The van der Waals surface area contributed by atoms with Gasteiger partial charge in [-0.05, 0) is 48.8 Å². The van der Waals surface area contributed by atoms with Crippen LogP contribution in [0.1, 0.15) is 46.0 Å². The smallest absolute Gasteiger partial charge is 0.224 e. The van der Waals surface area contributed by atoms with Gasteiger partial charge in [0.05, 0.1) is 16.7 Å². The van der Waals surface area contributed by atoms with Crippen LogP contribution in [0.5, 0.6) is 0 Å². The van der Waals surface area contributed by atoms with Crippen LogP contribution in [0.2, 0.25) is 0 Å². The maximum Gasteiger partial charge on any atom is 0.224 e. The molecule has 5 heteroatoms. The van der Waals surface area contributed by atoms with Gasteiger partial charge in [-0.2, -0.15) is 0 Å². The number of rotatable bonds is 5. The van der Waals surface area contributed by atoms with Crippen molar-refractivity contribution in [2.45, 2.75) is 52.0 Å². The number of carbonyl (C=O) groups excluding carboxylic acids is 1. The van der Waals surface area contributed by atoms with Gasteiger partial charge in [0, 0.05) is 11.6 Å². The Morgan fingerprint density at radius 1 is 1.50 bits per heavy atom. The molecule has 0 aromatic rings. The molecule has 0 bridgehead atoms. The zero-order chi connectivity index (χ0) is 17.3. The van der Waals surface area contributed by atoms with E-state index in [9.17, 15) is 4.79 Å². The predicted octanol–water partition coefficient (Wildman–Crippen LogP) is 3.20. The van der Waals surface area contributed by atoms with E-state index >= 15 is 0 Å². The number of thiocarbonyl (C=S) groups is 1. The van der Waals surface area contributed by atoms with Gasteiger partial charge in [0.15, 0.2) is 0 Å². The fourth-order valence-electron chi connectivity index (χ4n) is 3.65. The average Bonchev–Trinajstić information content (AvgIpc) is 2.96. The summed E-state index contributed by atoms with van der Waals surface area (Å²) in [5.74, 6) is 0.306. The highest BCUT2D eigenvalue weighted by Gasteiger charge is 2.34. The van der Waals surface area contributed by atoms with Gasteiger partial charge >= 0.3 is 0 Å². The molecule has 1 fully saturated rings. The van der Waals surface area contributed by atoms with Crippen molar-refractivity contribution in [3.63, 3.8) is 0 Å². The highest BCUT2D eigenvalue weighted by atomic mass is 32.1. The first-order valence-corrected chi connectivity index (χ1v) is 9.19. The summed E-state index contributed by atoms with van der Waals surface area (Å²) < 4.78 is 0. The zero-order valence-corrected chi connectivity index (χ0v) is 15.2. The van der Waals surface area contributed by atoms with Gasteiger partial charge in [0.1, 0.15) is 0 Å². The van der Waals surface area contributed by atoms with Gasteiger partial charge in [-0.25, -0.2) is 0 Å². The van der Waals surface area contributed by atoms with Gasteiger partial charge in [0.25, 0.3) is 0 Å². The third-order valence-corrected chi connectivity index (χ3v) is 5.61. The Labute approximate surface area is 149 Å². The maximum atomic E-state index is 12.8. The summed E-state index contributed by atoms with van der Waals surface area (Å²) in [7, 11) is 0. The van der Waals surface area contributed by atoms with Gasteiger partial charge < -0.3 is 11.1 Å². The van der Waals surface area contributed by atoms with Crippen molar-refractivity contribution < 1.29 is 4.79 Å². The van der Waals surface area contributed by atoms with Crippen molar-refractivity contribution in [2.75, 3.05) is 0 Å². The highest BCUT2D eigenvalue weighted by Crippen LogP contribution is 2.39. The van der Waals surface area contributed by atoms with Crippen LogP contribution in [0.15, 0.2) is 40.1 Å². The van der Waals surface area contributed by atoms with Crippen molar-refractivity contribution in [1.82, 2.24) is 5.32 Å². The van der Waals surface area contributed by atoms with E-state index in [0.29, 0.717) is 4.99 Å². The largest absolute Gasteiger partial charge is 0.392 e. The first-order valence-electron chi connectivity index (χ1n) is 8.78. The number of hydrogen-bond donors (Lipinski definition) is 2. The first kappa shape index (κ1) is 17.1. The maximum absolute atomic E-state index is 12.8. The van der Waals surface area contributed by atoms with Crippen LogP contribution in [0.25, 0.3) is 0 Å². The molecule has 1 unspecified atom stereocenters. The van der Waals surface area contributed by atoms with Crippen LogP contribution in [-0.4, -0.2) is 22.6 Å². The van der Waals surface area contributed by atoms with Crippen molar-refractivity contribution in [1.29, 1.82) is 0 Å². The minimum Gasteiger partial charge on any atom is -0.392 e. The van der Waals surface area contributed by atoms with Gasteiger partial charge in [-0.1, -0.05) is 44.6 Å². The molecular formula is C19H25N3OS. The second kappa shape index (κ2) is 7.01. The molecule has 1 heterocycles. The quantitative estimate of drug-likeness (QED) is 0.753. The van der Waals surface area contributed by atoms with E-state index in [4.69, 9.17) is 22.9 Å². The molecule has 1 aliphatic heterocycles. The van der Waals surface area contributed by atoms with E-state index < -0.39 is 0 Å². The van der Waals surface area contributed by atoms with Crippen LogP contribution in [0.3, 0.4) is 0 Å². The lowest BCUT2D eigenvalue weighted by molar-refractivity contribution is -0.125. The third kappa shape index (κ3) is 3.22. The minimum absolute atomic E-state index is 0.0161. The molecule has 3 rings (SSSR count). The lowest BCUT2D eigenvalue weighted by Gasteiger charge is -2.28. The molecule has 0 radical (unpaired) electrons. The summed E-state index contributed by atoms with van der Waals surface area (Å²) >= 11 is 5.15. The summed E-state index contributed by atoms with van der Waals surface area (Å²) in [5.41, 5.74) is 10.7. The fraction of sp³-hybridized carbons (Fsp3) is 0.526. The number of carbonyl (C=O) groups is 1. The molecule has 2 aliphatic carbocycles. The van der Waals surface area contributed by atoms with Crippen LogP contribution in [-0.2, 0) is 4.79 Å². The number of allylic oxidation sites excluding steroid dienone is 5. The molecule has 128 valence electrons. The van der Waals surface area contributed by atoms with Crippen molar-refractivity contribution in [2.24, 2.45) is 22.6 Å². The molecule has 0 saturated heterocycles. The summed E-state index contributed by atoms with van der Waals surface area (Å²) in [5, 5.41) is 3.09. The van der Waals surface area contributed by atoms with Gasteiger partial charge in [0.2, 0.25) is 5.91 Å². The number of aliphatic imine (C=N–C) groups is 1. The number of nitrogens with two attached hydrogens (primary N) is 1. The van der Waals surface area contributed by atoms with Crippen molar-refractivity contribution in [3.05, 3.63) is 35.1 Å². The van der Waals surface area contributed by atoms with E-state index in [1.165, 1.54) is 16.9 Å². The van der Waals surface area contributed by atoms with E-state index in [1.807, 2.05) is 0 Å². The Morgan fingerprint density at radius 3 is 3.00 bits per heavy atom. The van der Waals surface area contributed by atoms with E-state index in [0.717, 1.165) is 37.8 Å². The Bertz CT molecular complexity index is 687. The molecule has 0 spiro atoms. The lowest BCUT2D eigenvalue weighted by atomic mass is 9.81. The van der Waals surface area contributed by atoms with Gasteiger partial charge in [-0.3, -0.25) is 9.79 Å². The van der Waals surface area contributed by atoms with E-state index in [1.54, 1.807) is 0 Å². The molecule has 4 nitrogen and oxygen atoms in total. The number of nitrogens with one attached hydrogen (secondary N) is 1. The molecule has 0 aromatic carbocycles. The zero-order valence-electron chi connectivity index (χ0n) is 14.3. The number of fused-ring (bicyclic) bond motifs is 2. The number of nitrogens with zero attached hydrogens (tertiary/aromatic N) is 1. The van der Waals surface area contributed by atoms with Crippen molar-refractivity contribution in [3.8, 4) is 0 Å². The van der Waals surface area contributed by atoms with Crippen LogP contribution in [0, 0.1) is 11.8 Å². The summed E-state index contributed by atoms with van der Waals surface area (Å²) in [6, 6.07) is -0.220. The SMILES string of the molecule is CC[C@H](C)[C@H](NC(=O)C1CCC2=NC3=CC=CCC3=C2C1)C(N)=S. The summed E-state index contributed by atoms with van der Waals surface area (Å²) in [4.78, 5) is 17.9. The number of hydrogen-bond acceptors (Lipinski definition) is 3. The van der Waals surface area contributed by atoms with Gasteiger partial charge in [-0.15, -0.1) is 0 Å². The average molecular weight is 343 g/mol.